The van der Waals surface area contributed by atoms with Crippen LogP contribution in [0.2, 0.25) is 0 Å². The molecule has 0 fully saturated rings. The van der Waals surface area contributed by atoms with E-state index in [1.807, 2.05) is 109 Å². The largest absolute Gasteiger partial charge is 0.456 e. The molecule has 1 heteroatoms. The number of fused-ring (bicyclic) bond motifs is 5. The van der Waals surface area contributed by atoms with E-state index in [1.54, 1.807) is 12.1 Å². The molecule has 0 aliphatic rings. The van der Waals surface area contributed by atoms with Gasteiger partial charge < -0.3 is 4.42 Å². The number of rotatable bonds is 4. The Morgan fingerprint density at radius 3 is 1.47 bits per heavy atom. The molecular formula is C44H28O. The molecule has 8 aromatic carbocycles. The zero-order valence-corrected chi connectivity index (χ0v) is 24.0. The van der Waals surface area contributed by atoms with Crippen molar-refractivity contribution in [2.24, 2.45) is 0 Å². The Balaban J connectivity index is 1.50. The Morgan fingerprint density at radius 1 is 0.356 bits per heavy atom. The van der Waals surface area contributed by atoms with Crippen LogP contribution in [0.5, 0.6) is 0 Å². The second-order valence-corrected chi connectivity index (χ2v) is 11.1. The fourth-order valence-electron chi connectivity index (χ4n) is 6.51. The lowest BCUT2D eigenvalue weighted by Crippen LogP contribution is -1.92. The Labute approximate surface area is 272 Å². The number of hydrogen-bond donors (Lipinski definition) is 0. The van der Waals surface area contributed by atoms with Gasteiger partial charge in [-0.25, -0.2) is 0 Å². The Hall–Kier alpha value is -5.92. The van der Waals surface area contributed by atoms with Crippen molar-refractivity contribution in [1.82, 2.24) is 0 Å². The average molecular weight is 581 g/mol. The van der Waals surface area contributed by atoms with Gasteiger partial charge in [0.25, 0.3) is 0 Å². The summed E-state index contributed by atoms with van der Waals surface area (Å²) in [5.74, 6) is 0. The van der Waals surface area contributed by atoms with Crippen molar-refractivity contribution in [3.8, 4) is 44.5 Å². The van der Waals surface area contributed by atoms with Crippen LogP contribution in [0.3, 0.4) is 0 Å². The zero-order valence-electron chi connectivity index (χ0n) is 32.0. The van der Waals surface area contributed by atoms with E-state index in [0.717, 1.165) is 33.0 Å². The highest BCUT2D eigenvalue weighted by Crippen LogP contribution is 2.46. The fourth-order valence-corrected chi connectivity index (χ4v) is 6.51. The van der Waals surface area contributed by atoms with Crippen molar-refractivity contribution in [3.63, 3.8) is 0 Å². The van der Waals surface area contributed by atoms with Gasteiger partial charge in [-0.3, -0.25) is 0 Å². The second kappa shape index (κ2) is 10.4. The average Bonchev–Trinajstić information content (AvgIpc) is 3.58. The third kappa shape index (κ3) is 4.17. The molecule has 0 atom stereocenters. The van der Waals surface area contributed by atoms with Gasteiger partial charge in [0.05, 0.1) is 11.0 Å². The van der Waals surface area contributed by atoms with Gasteiger partial charge in [0.1, 0.15) is 11.2 Å². The van der Waals surface area contributed by atoms with Crippen LogP contribution in [0, 0.1) is 0 Å². The van der Waals surface area contributed by atoms with Crippen molar-refractivity contribution < 1.29 is 15.4 Å². The van der Waals surface area contributed by atoms with Gasteiger partial charge in [0.15, 0.2) is 0 Å². The molecule has 9 rings (SSSR count). The monoisotopic (exact) mass is 580 g/mol. The van der Waals surface area contributed by atoms with Gasteiger partial charge in [-0.15, -0.1) is 0 Å². The first kappa shape index (κ1) is 18.7. The first-order chi connectivity index (χ1) is 25.7. The molecule has 0 amide bonds. The summed E-state index contributed by atoms with van der Waals surface area (Å²) in [6.07, 6.45) is 0. The van der Waals surface area contributed by atoms with Crippen LogP contribution in [0.4, 0.5) is 0 Å². The minimum absolute atomic E-state index is 0.170. The molecule has 0 aliphatic heterocycles. The highest BCUT2D eigenvalue weighted by molar-refractivity contribution is 6.22. The summed E-state index contributed by atoms with van der Waals surface area (Å²) in [5, 5.41) is 2.31. The molecule has 1 aromatic heterocycles. The number of benzene rings is 8. The van der Waals surface area contributed by atoms with E-state index in [1.165, 1.54) is 0 Å². The minimum atomic E-state index is -0.436. The van der Waals surface area contributed by atoms with E-state index in [4.69, 9.17) is 9.90 Å². The van der Waals surface area contributed by atoms with E-state index < -0.39 is 24.2 Å². The van der Waals surface area contributed by atoms with Crippen molar-refractivity contribution in [2.45, 2.75) is 0 Å². The third-order valence-electron chi connectivity index (χ3n) is 8.52. The number of hydrogen-bond acceptors (Lipinski definition) is 1. The summed E-state index contributed by atoms with van der Waals surface area (Å²) in [7, 11) is 0. The molecule has 45 heavy (non-hydrogen) atoms. The topological polar surface area (TPSA) is 13.1 Å². The zero-order chi connectivity index (χ0) is 36.7. The maximum atomic E-state index is 9.38. The van der Waals surface area contributed by atoms with Crippen LogP contribution >= 0.6 is 0 Å². The standard InChI is InChI=1S/C44H28O/c1-3-13-29(14-4-1)33-25-23-31(27-39(33)30-15-5-2-6-16-30)43-35-18-7-9-20-37(35)44(38-21-10-8-19-36(38)43)32-24-26-42-40(28-32)34-17-11-12-22-41(34)45-42/h1-28H/i7D,8D,9D,10D,18D,19D,20D,21D. The molecule has 1 nitrogen and oxygen atoms in total. The van der Waals surface area contributed by atoms with Crippen LogP contribution < -0.4 is 0 Å². The minimum Gasteiger partial charge on any atom is -0.456 e. The molecule has 9 aromatic rings. The third-order valence-corrected chi connectivity index (χ3v) is 8.52. The Morgan fingerprint density at radius 2 is 0.844 bits per heavy atom. The lowest BCUT2D eigenvalue weighted by atomic mass is 9.84. The van der Waals surface area contributed by atoms with Gasteiger partial charge in [0, 0.05) is 10.8 Å². The number of para-hydroxylation sites is 1. The molecule has 1 heterocycles. The molecule has 0 saturated carbocycles. The normalized spacial score (nSPS) is 14.0. The van der Waals surface area contributed by atoms with Gasteiger partial charge >= 0.3 is 0 Å². The maximum absolute atomic E-state index is 9.38. The van der Waals surface area contributed by atoms with Crippen LogP contribution in [0.1, 0.15) is 11.0 Å². The molecule has 0 bridgehead atoms. The van der Waals surface area contributed by atoms with Crippen LogP contribution in [0.25, 0.3) is 88.0 Å². The number of furan rings is 1. The predicted molar refractivity (Wildman–Crippen MR) is 190 cm³/mol. The summed E-state index contributed by atoms with van der Waals surface area (Å²) in [6, 6.07) is 35.7. The lowest BCUT2D eigenvalue weighted by Gasteiger charge is -2.19. The Kier molecular flexibility index (Phi) is 4.30. The van der Waals surface area contributed by atoms with Gasteiger partial charge in [-0.05, 0) is 90.3 Å². The summed E-state index contributed by atoms with van der Waals surface area (Å²) >= 11 is 0. The summed E-state index contributed by atoms with van der Waals surface area (Å²) in [6.45, 7) is 0. The van der Waals surface area contributed by atoms with E-state index in [2.05, 4.69) is 0 Å². The quantitative estimate of drug-likeness (QED) is 0.189. The van der Waals surface area contributed by atoms with Crippen molar-refractivity contribution in [2.75, 3.05) is 0 Å². The Bertz CT molecular complexity index is 2890. The van der Waals surface area contributed by atoms with Crippen LogP contribution in [-0.2, 0) is 0 Å². The molecule has 0 radical (unpaired) electrons. The van der Waals surface area contributed by atoms with Gasteiger partial charge in [-0.2, -0.15) is 0 Å². The summed E-state index contributed by atoms with van der Waals surface area (Å²) in [5.41, 5.74) is 6.70. The van der Waals surface area contributed by atoms with Crippen molar-refractivity contribution in [3.05, 3.63) is 170 Å². The van der Waals surface area contributed by atoms with Gasteiger partial charge in [0.2, 0.25) is 0 Å². The summed E-state index contributed by atoms with van der Waals surface area (Å²) in [4.78, 5) is 0. The van der Waals surface area contributed by atoms with Crippen molar-refractivity contribution >= 4 is 43.5 Å². The molecule has 0 saturated heterocycles. The molecular weight excluding hydrogens is 544 g/mol. The molecule has 0 spiro atoms. The smallest absolute Gasteiger partial charge is 0.135 e. The highest BCUT2D eigenvalue weighted by Gasteiger charge is 2.19. The maximum Gasteiger partial charge on any atom is 0.135 e. The fraction of sp³-hybridized carbons (Fsp3) is 0. The van der Waals surface area contributed by atoms with E-state index in [-0.39, 0.29) is 45.7 Å². The predicted octanol–water partition coefficient (Wildman–Crippen LogP) is 12.6. The van der Waals surface area contributed by atoms with Crippen molar-refractivity contribution in [1.29, 1.82) is 0 Å². The molecule has 210 valence electrons. The van der Waals surface area contributed by atoms with Crippen LogP contribution in [-0.4, -0.2) is 0 Å². The van der Waals surface area contributed by atoms with E-state index in [9.17, 15) is 5.48 Å². The van der Waals surface area contributed by atoms with Crippen LogP contribution in [0.15, 0.2) is 174 Å². The van der Waals surface area contributed by atoms with E-state index in [0.29, 0.717) is 33.4 Å². The molecule has 0 unspecified atom stereocenters. The lowest BCUT2D eigenvalue weighted by molar-refractivity contribution is 0.669. The second-order valence-electron chi connectivity index (χ2n) is 11.1. The molecule has 0 N–H and O–H groups in total. The van der Waals surface area contributed by atoms with Gasteiger partial charge in [-0.1, -0.05) is 145 Å². The van der Waals surface area contributed by atoms with E-state index >= 15 is 0 Å². The molecule has 0 aliphatic carbocycles. The first-order valence-electron chi connectivity index (χ1n) is 18.8. The SMILES string of the molecule is [2H]c1c([2H])c([2H])c2c(-c3ccc4oc5ccccc5c4c3)c3c([2H])c([2H])c([2H])c([2H])c3c(-c3ccc(-c4ccccc4)c(-c4ccccc4)c3)c2c1[2H]. The first-order valence-corrected chi connectivity index (χ1v) is 14.8. The highest BCUT2D eigenvalue weighted by atomic mass is 16.3. The summed E-state index contributed by atoms with van der Waals surface area (Å²) < 4.78 is 78.8.